The maximum Gasteiger partial charge on any atom is 0.271 e. The van der Waals surface area contributed by atoms with E-state index in [-0.39, 0.29) is 23.8 Å². The van der Waals surface area contributed by atoms with Gasteiger partial charge in [0, 0.05) is 11.4 Å². The number of amides is 3. The molecule has 0 aliphatic heterocycles. The van der Waals surface area contributed by atoms with Crippen molar-refractivity contribution in [2.24, 2.45) is 0 Å². The number of nitrogens with one attached hydrogen (secondary N) is 3. The molecule has 3 N–H and O–H groups in total. The van der Waals surface area contributed by atoms with Gasteiger partial charge < -0.3 is 10.1 Å². The van der Waals surface area contributed by atoms with Crippen LogP contribution < -0.4 is 20.9 Å². The van der Waals surface area contributed by atoms with Crippen LogP contribution >= 0.6 is 22.9 Å². The van der Waals surface area contributed by atoms with E-state index in [1.165, 1.54) is 11.3 Å². The topological polar surface area (TPSA) is 96.5 Å². The van der Waals surface area contributed by atoms with Gasteiger partial charge in [0.2, 0.25) is 5.91 Å². The highest BCUT2D eigenvalue weighted by Crippen LogP contribution is 2.22. The molecule has 0 fully saturated rings. The molecule has 3 amide bonds. The third kappa shape index (κ3) is 6.57. The number of carbonyl (C=O) groups is 3. The Morgan fingerprint density at radius 2 is 1.81 bits per heavy atom. The van der Waals surface area contributed by atoms with E-state index in [0.29, 0.717) is 34.4 Å². The smallest absolute Gasteiger partial charge is 0.271 e. The molecule has 0 aliphatic rings. The summed E-state index contributed by atoms with van der Waals surface area (Å²) in [4.78, 5) is 37.4. The van der Waals surface area contributed by atoms with Crippen LogP contribution in [0.15, 0.2) is 60.0 Å². The zero-order valence-corrected chi connectivity index (χ0v) is 18.9. The lowest BCUT2D eigenvalue weighted by atomic mass is 10.1. The lowest BCUT2D eigenvalue weighted by Gasteiger charge is -2.12. The minimum Gasteiger partial charge on any atom is -0.493 e. The molecule has 0 bridgehead atoms. The fraction of sp³-hybridized carbons (Fsp3) is 0.174. The van der Waals surface area contributed by atoms with Crippen molar-refractivity contribution < 1.29 is 19.1 Å². The van der Waals surface area contributed by atoms with E-state index in [1.54, 1.807) is 60.0 Å². The summed E-state index contributed by atoms with van der Waals surface area (Å²) < 4.78 is 5.66. The molecule has 0 aliphatic carbocycles. The van der Waals surface area contributed by atoms with Crippen LogP contribution in [0, 0.1) is 6.92 Å². The number of carbonyl (C=O) groups excluding carboxylic acids is 3. The number of anilines is 1. The molecule has 0 atom stereocenters. The van der Waals surface area contributed by atoms with Gasteiger partial charge in [-0.15, -0.1) is 11.3 Å². The van der Waals surface area contributed by atoms with Gasteiger partial charge >= 0.3 is 0 Å². The summed E-state index contributed by atoms with van der Waals surface area (Å²) in [6.07, 6.45) is 0.640. The maximum absolute atomic E-state index is 12.5. The normalized spacial score (nSPS) is 10.3. The van der Waals surface area contributed by atoms with E-state index in [9.17, 15) is 14.4 Å². The van der Waals surface area contributed by atoms with Crippen molar-refractivity contribution in [1.29, 1.82) is 0 Å². The molecule has 0 unspecified atom stereocenters. The van der Waals surface area contributed by atoms with Crippen LogP contribution in [-0.4, -0.2) is 24.3 Å². The third-order valence-electron chi connectivity index (χ3n) is 4.42. The van der Waals surface area contributed by atoms with Gasteiger partial charge in [-0.1, -0.05) is 29.8 Å². The lowest BCUT2D eigenvalue weighted by Crippen LogP contribution is -2.41. The molecule has 9 heteroatoms. The van der Waals surface area contributed by atoms with Gasteiger partial charge in [0.1, 0.15) is 5.75 Å². The monoisotopic (exact) mass is 471 g/mol. The van der Waals surface area contributed by atoms with Gasteiger partial charge in [-0.25, -0.2) is 0 Å². The second kappa shape index (κ2) is 11.3. The number of benzene rings is 2. The molecule has 3 rings (SSSR count). The fourth-order valence-corrected chi connectivity index (χ4v) is 3.67. The Morgan fingerprint density at radius 1 is 1.00 bits per heavy atom. The minimum atomic E-state index is -0.534. The van der Waals surface area contributed by atoms with Crippen LogP contribution in [0.5, 0.6) is 5.75 Å². The first-order valence-corrected chi connectivity index (χ1v) is 11.1. The third-order valence-corrected chi connectivity index (χ3v) is 5.53. The molecule has 2 aromatic carbocycles. The van der Waals surface area contributed by atoms with Crippen molar-refractivity contribution >= 4 is 46.3 Å². The Labute approximate surface area is 194 Å². The average molecular weight is 472 g/mol. The second-order valence-electron chi connectivity index (χ2n) is 6.84. The zero-order valence-electron chi connectivity index (χ0n) is 17.3. The van der Waals surface area contributed by atoms with Crippen molar-refractivity contribution in [3.63, 3.8) is 0 Å². The molecule has 1 heterocycles. The summed E-state index contributed by atoms with van der Waals surface area (Å²) in [5.41, 5.74) is 6.27. The number of halogens is 1. The number of rotatable bonds is 8. The van der Waals surface area contributed by atoms with Crippen LogP contribution in [0.2, 0.25) is 5.02 Å². The minimum absolute atomic E-state index is 0.170. The van der Waals surface area contributed by atoms with Crippen LogP contribution in [-0.2, 0) is 4.79 Å². The molecule has 32 heavy (non-hydrogen) atoms. The summed E-state index contributed by atoms with van der Waals surface area (Å²) in [6.45, 7) is 2.24. The number of hydrogen-bond donors (Lipinski definition) is 3. The molecule has 166 valence electrons. The van der Waals surface area contributed by atoms with E-state index in [2.05, 4.69) is 16.2 Å². The first-order valence-electron chi connectivity index (χ1n) is 9.86. The summed E-state index contributed by atoms with van der Waals surface area (Å²) in [7, 11) is 0. The number of ether oxygens (including phenoxy) is 1. The molecule has 0 radical (unpaired) electrons. The molecule has 0 spiro atoms. The molecule has 1 aromatic heterocycles. The second-order valence-corrected chi connectivity index (χ2v) is 8.23. The SMILES string of the molecule is Cc1cc(Cl)ccc1OCCCC(=O)NNC(=O)c1ccccc1NC(=O)c1cccs1. The number of thiophene rings is 1. The predicted octanol–water partition coefficient (Wildman–Crippen LogP) is 4.58. The molecule has 0 saturated carbocycles. The van der Waals surface area contributed by atoms with Gasteiger partial charge in [0.15, 0.2) is 0 Å². The number of hydrazine groups is 1. The van der Waals surface area contributed by atoms with Gasteiger partial charge in [-0.3, -0.25) is 25.2 Å². The highest BCUT2D eigenvalue weighted by molar-refractivity contribution is 7.12. The molecular formula is C23H22ClN3O4S. The van der Waals surface area contributed by atoms with E-state index < -0.39 is 5.91 Å². The van der Waals surface area contributed by atoms with Crippen molar-refractivity contribution in [1.82, 2.24) is 10.9 Å². The summed E-state index contributed by atoms with van der Waals surface area (Å²) in [5.74, 6) is -0.479. The Morgan fingerprint density at radius 3 is 2.56 bits per heavy atom. The highest BCUT2D eigenvalue weighted by Gasteiger charge is 2.15. The Bertz CT molecular complexity index is 1100. The number of aryl methyl sites for hydroxylation is 1. The van der Waals surface area contributed by atoms with Crippen molar-refractivity contribution in [3.8, 4) is 5.75 Å². The Balaban J connectivity index is 1.45. The average Bonchev–Trinajstić information content (AvgIpc) is 3.32. The predicted molar refractivity (Wildman–Crippen MR) is 125 cm³/mol. The molecule has 0 saturated heterocycles. The fourth-order valence-electron chi connectivity index (χ4n) is 2.83. The van der Waals surface area contributed by atoms with E-state index in [4.69, 9.17) is 16.3 Å². The molecule has 3 aromatic rings. The highest BCUT2D eigenvalue weighted by atomic mass is 35.5. The number of para-hydroxylation sites is 1. The first kappa shape index (κ1) is 23.3. The van der Waals surface area contributed by atoms with Crippen molar-refractivity contribution in [2.75, 3.05) is 11.9 Å². The lowest BCUT2D eigenvalue weighted by molar-refractivity contribution is -0.122. The van der Waals surface area contributed by atoms with Gasteiger partial charge in [-0.2, -0.15) is 0 Å². The summed E-state index contributed by atoms with van der Waals surface area (Å²) in [5, 5.41) is 5.15. The maximum atomic E-state index is 12.5. The Hall–Kier alpha value is -3.36. The Kier molecular flexibility index (Phi) is 8.24. The molecule has 7 nitrogen and oxygen atoms in total. The van der Waals surface area contributed by atoms with Crippen molar-refractivity contribution in [2.45, 2.75) is 19.8 Å². The standard InChI is InChI=1S/C23H22ClN3O4S/c1-15-14-16(24)10-11-19(15)31-12-4-9-21(28)26-27-22(29)17-6-2-3-7-18(17)25-23(30)20-8-5-13-32-20/h2-3,5-8,10-11,13-14H,4,9,12H2,1H3,(H,25,30)(H,26,28)(H,27,29). The van der Waals surface area contributed by atoms with Gasteiger partial charge in [-0.05, 0) is 60.7 Å². The van der Waals surface area contributed by atoms with Crippen LogP contribution in [0.25, 0.3) is 0 Å². The zero-order chi connectivity index (χ0) is 22.9. The van der Waals surface area contributed by atoms with E-state index >= 15 is 0 Å². The summed E-state index contributed by atoms with van der Waals surface area (Å²) >= 11 is 7.22. The van der Waals surface area contributed by atoms with Crippen LogP contribution in [0.1, 0.15) is 38.4 Å². The van der Waals surface area contributed by atoms with Crippen LogP contribution in [0.3, 0.4) is 0 Å². The summed E-state index contributed by atoms with van der Waals surface area (Å²) in [6, 6.07) is 15.4. The van der Waals surface area contributed by atoms with E-state index in [0.717, 1.165) is 5.56 Å². The van der Waals surface area contributed by atoms with Crippen molar-refractivity contribution in [3.05, 3.63) is 81.0 Å². The van der Waals surface area contributed by atoms with E-state index in [1.807, 2.05) is 6.92 Å². The molecular weight excluding hydrogens is 450 g/mol. The van der Waals surface area contributed by atoms with Gasteiger partial charge in [0.25, 0.3) is 11.8 Å². The van der Waals surface area contributed by atoms with Gasteiger partial charge in [0.05, 0.1) is 22.7 Å². The number of hydrogen-bond acceptors (Lipinski definition) is 5. The van der Waals surface area contributed by atoms with Crippen LogP contribution in [0.4, 0.5) is 5.69 Å². The quantitative estimate of drug-likeness (QED) is 0.331. The first-order chi connectivity index (χ1) is 15.4. The largest absolute Gasteiger partial charge is 0.493 e.